The Morgan fingerprint density at radius 3 is 2.55 bits per heavy atom. The number of hydrogen-bond acceptors (Lipinski definition) is 4. The summed E-state index contributed by atoms with van der Waals surface area (Å²) in [7, 11) is 1.68. The van der Waals surface area contributed by atoms with Crippen LogP contribution < -0.4 is 10.5 Å². The van der Waals surface area contributed by atoms with Gasteiger partial charge in [-0.25, -0.2) is 9.97 Å². The van der Waals surface area contributed by atoms with Gasteiger partial charge >= 0.3 is 0 Å². The second kappa shape index (κ2) is 4.56. The van der Waals surface area contributed by atoms with Crippen LogP contribution in [0.1, 0.15) is 29.8 Å². The molecule has 3 rings (SSSR count). The van der Waals surface area contributed by atoms with Crippen molar-refractivity contribution in [1.29, 1.82) is 0 Å². The first-order valence-electron chi connectivity index (χ1n) is 6.81. The first-order valence-corrected chi connectivity index (χ1v) is 6.81. The Balaban J connectivity index is 2.11. The molecule has 1 aromatic carbocycles. The standard InChI is InChI=1S/C16H19N3O/c1-10-8-12(14(20-3)9-11(10)2)13-4-7-18-15(19-13)16(17)5-6-16/h4,7-9H,5-6,17H2,1-3H3. The normalized spacial score (nSPS) is 16.0. The minimum atomic E-state index is -0.316. The smallest absolute Gasteiger partial charge is 0.148 e. The average Bonchev–Trinajstić information content (AvgIpc) is 3.21. The van der Waals surface area contributed by atoms with Crippen LogP contribution in [0.15, 0.2) is 24.4 Å². The molecule has 0 bridgehead atoms. The van der Waals surface area contributed by atoms with Crippen LogP contribution in [0.25, 0.3) is 11.3 Å². The van der Waals surface area contributed by atoms with Crippen LogP contribution in [0, 0.1) is 13.8 Å². The van der Waals surface area contributed by atoms with E-state index in [0.717, 1.165) is 35.7 Å². The minimum absolute atomic E-state index is 0.316. The molecule has 104 valence electrons. The lowest BCUT2D eigenvalue weighted by Gasteiger charge is -2.13. The summed E-state index contributed by atoms with van der Waals surface area (Å²) in [5, 5.41) is 0. The van der Waals surface area contributed by atoms with Gasteiger partial charge in [0.25, 0.3) is 0 Å². The SMILES string of the molecule is COc1cc(C)c(C)cc1-c1ccnc(C2(N)CC2)n1. The predicted octanol–water partition coefficient (Wildman–Crippen LogP) is 2.72. The highest BCUT2D eigenvalue weighted by molar-refractivity contribution is 5.69. The number of rotatable bonds is 3. The van der Waals surface area contributed by atoms with Gasteiger partial charge in [-0.05, 0) is 56.0 Å². The molecule has 1 saturated carbocycles. The second-order valence-electron chi connectivity index (χ2n) is 5.56. The topological polar surface area (TPSA) is 61.0 Å². The molecule has 0 saturated heterocycles. The molecule has 1 heterocycles. The lowest BCUT2D eigenvalue weighted by Crippen LogP contribution is -2.22. The van der Waals surface area contributed by atoms with Gasteiger partial charge in [0.15, 0.2) is 0 Å². The van der Waals surface area contributed by atoms with Crippen LogP contribution in [-0.4, -0.2) is 17.1 Å². The molecular weight excluding hydrogens is 250 g/mol. The van der Waals surface area contributed by atoms with Crippen molar-refractivity contribution in [3.63, 3.8) is 0 Å². The van der Waals surface area contributed by atoms with Gasteiger partial charge in [0.1, 0.15) is 11.6 Å². The zero-order valence-corrected chi connectivity index (χ0v) is 12.1. The van der Waals surface area contributed by atoms with Gasteiger partial charge in [-0.2, -0.15) is 0 Å². The van der Waals surface area contributed by atoms with E-state index in [9.17, 15) is 0 Å². The van der Waals surface area contributed by atoms with Gasteiger partial charge in [-0.1, -0.05) is 0 Å². The molecule has 2 aromatic rings. The summed E-state index contributed by atoms with van der Waals surface area (Å²) in [6, 6.07) is 6.06. The maximum Gasteiger partial charge on any atom is 0.148 e. The summed E-state index contributed by atoms with van der Waals surface area (Å²) in [6.07, 6.45) is 3.69. The number of hydrogen-bond donors (Lipinski definition) is 1. The molecule has 0 radical (unpaired) electrons. The summed E-state index contributed by atoms with van der Waals surface area (Å²) in [5.41, 5.74) is 10.1. The number of methoxy groups -OCH3 is 1. The van der Waals surface area contributed by atoms with E-state index < -0.39 is 0 Å². The molecular formula is C16H19N3O. The lowest BCUT2D eigenvalue weighted by molar-refractivity contribution is 0.416. The number of benzene rings is 1. The van der Waals surface area contributed by atoms with Crippen molar-refractivity contribution in [2.75, 3.05) is 7.11 Å². The van der Waals surface area contributed by atoms with Gasteiger partial charge < -0.3 is 10.5 Å². The van der Waals surface area contributed by atoms with Crippen LogP contribution in [0.3, 0.4) is 0 Å². The molecule has 20 heavy (non-hydrogen) atoms. The van der Waals surface area contributed by atoms with E-state index in [1.807, 2.05) is 12.1 Å². The largest absolute Gasteiger partial charge is 0.496 e. The Labute approximate surface area is 119 Å². The molecule has 0 spiro atoms. The number of nitrogens with zero attached hydrogens (tertiary/aromatic N) is 2. The van der Waals surface area contributed by atoms with E-state index in [1.165, 1.54) is 11.1 Å². The molecule has 0 amide bonds. The Morgan fingerprint density at radius 2 is 1.90 bits per heavy atom. The Morgan fingerprint density at radius 1 is 1.20 bits per heavy atom. The quantitative estimate of drug-likeness (QED) is 0.930. The second-order valence-corrected chi connectivity index (χ2v) is 5.56. The predicted molar refractivity (Wildman–Crippen MR) is 78.6 cm³/mol. The van der Waals surface area contributed by atoms with E-state index in [0.29, 0.717) is 0 Å². The Bertz CT molecular complexity index is 663. The van der Waals surface area contributed by atoms with Crippen molar-refractivity contribution in [2.24, 2.45) is 5.73 Å². The fraction of sp³-hybridized carbons (Fsp3) is 0.375. The fourth-order valence-corrected chi connectivity index (χ4v) is 2.27. The molecule has 4 heteroatoms. The van der Waals surface area contributed by atoms with Crippen LogP contribution in [-0.2, 0) is 5.54 Å². The van der Waals surface area contributed by atoms with E-state index in [4.69, 9.17) is 10.5 Å². The first kappa shape index (κ1) is 13.1. The van der Waals surface area contributed by atoms with Gasteiger partial charge in [-0.15, -0.1) is 0 Å². The van der Waals surface area contributed by atoms with E-state index >= 15 is 0 Å². The zero-order valence-electron chi connectivity index (χ0n) is 12.1. The third-order valence-corrected chi connectivity index (χ3v) is 3.98. The van der Waals surface area contributed by atoms with Crippen molar-refractivity contribution in [1.82, 2.24) is 9.97 Å². The molecule has 1 fully saturated rings. The lowest BCUT2D eigenvalue weighted by atomic mass is 10.0. The van der Waals surface area contributed by atoms with Crippen LogP contribution in [0.2, 0.25) is 0 Å². The van der Waals surface area contributed by atoms with Gasteiger partial charge in [0.05, 0.1) is 18.3 Å². The summed E-state index contributed by atoms with van der Waals surface area (Å²) in [6.45, 7) is 4.16. The van der Waals surface area contributed by atoms with Crippen LogP contribution >= 0.6 is 0 Å². The molecule has 4 nitrogen and oxygen atoms in total. The van der Waals surface area contributed by atoms with Crippen molar-refractivity contribution in [3.05, 3.63) is 41.3 Å². The Hall–Kier alpha value is -1.94. The summed E-state index contributed by atoms with van der Waals surface area (Å²) >= 11 is 0. The molecule has 1 aliphatic carbocycles. The van der Waals surface area contributed by atoms with Crippen LogP contribution in [0.4, 0.5) is 0 Å². The van der Waals surface area contributed by atoms with E-state index in [2.05, 4.69) is 29.9 Å². The van der Waals surface area contributed by atoms with Gasteiger partial charge in [0.2, 0.25) is 0 Å². The molecule has 1 aliphatic rings. The highest BCUT2D eigenvalue weighted by Crippen LogP contribution is 2.41. The maximum atomic E-state index is 6.18. The van der Waals surface area contributed by atoms with Gasteiger partial charge in [0, 0.05) is 11.8 Å². The van der Waals surface area contributed by atoms with Crippen LogP contribution in [0.5, 0.6) is 5.75 Å². The average molecular weight is 269 g/mol. The molecule has 0 unspecified atom stereocenters. The monoisotopic (exact) mass is 269 g/mol. The summed E-state index contributed by atoms with van der Waals surface area (Å²) in [4.78, 5) is 8.96. The maximum absolute atomic E-state index is 6.18. The molecule has 1 aromatic heterocycles. The number of aromatic nitrogens is 2. The third-order valence-electron chi connectivity index (χ3n) is 3.98. The van der Waals surface area contributed by atoms with Gasteiger partial charge in [-0.3, -0.25) is 0 Å². The van der Waals surface area contributed by atoms with Crippen molar-refractivity contribution >= 4 is 0 Å². The van der Waals surface area contributed by atoms with E-state index in [1.54, 1.807) is 13.3 Å². The summed E-state index contributed by atoms with van der Waals surface area (Å²) in [5.74, 6) is 1.56. The molecule has 2 N–H and O–H groups in total. The minimum Gasteiger partial charge on any atom is -0.496 e. The zero-order chi connectivity index (χ0) is 14.3. The molecule has 0 atom stereocenters. The highest BCUT2D eigenvalue weighted by atomic mass is 16.5. The third kappa shape index (κ3) is 2.16. The summed E-state index contributed by atoms with van der Waals surface area (Å²) < 4.78 is 5.49. The van der Waals surface area contributed by atoms with Crippen molar-refractivity contribution in [3.8, 4) is 17.0 Å². The van der Waals surface area contributed by atoms with Crippen molar-refractivity contribution < 1.29 is 4.74 Å². The van der Waals surface area contributed by atoms with E-state index in [-0.39, 0.29) is 5.54 Å². The number of aryl methyl sites for hydroxylation is 2. The molecule has 0 aliphatic heterocycles. The fourth-order valence-electron chi connectivity index (χ4n) is 2.27. The number of ether oxygens (including phenoxy) is 1. The number of nitrogens with two attached hydrogens (primary N) is 1. The Kier molecular flexibility index (Phi) is 2.98. The van der Waals surface area contributed by atoms with Crippen molar-refractivity contribution in [2.45, 2.75) is 32.2 Å². The highest BCUT2D eigenvalue weighted by Gasteiger charge is 2.43. The first-order chi connectivity index (χ1) is 9.53.